The second-order valence-electron chi connectivity index (χ2n) is 4.15. The van der Waals surface area contributed by atoms with E-state index in [0.29, 0.717) is 23.7 Å². The fraction of sp³-hybridized carbons (Fsp3) is 0.545. The predicted octanol–water partition coefficient (Wildman–Crippen LogP) is 1.72. The summed E-state index contributed by atoms with van der Waals surface area (Å²) in [5, 5.41) is 16.2. The third-order valence-corrected chi connectivity index (χ3v) is 5.46. The molecule has 17 heavy (non-hydrogen) atoms. The Morgan fingerprint density at radius 2 is 2.41 bits per heavy atom. The normalized spacial score (nSPS) is 32.1. The molecule has 0 spiro atoms. The van der Waals surface area contributed by atoms with Gasteiger partial charge in [0.05, 0.1) is 16.7 Å². The van der Waals surface area contributed by atoms with Gasteiger partial charge in [-0.2, -0.15) is 5.26 Å². The van der Waals surface area contributed by atoms with E-state index in [1.54, 1.807) is 0 Å². The predicted molar refractivity (Wildman–Crippen MR) is 70.0 cm³/mol. The first-order chi connectivity index (χ1) is 8.29. The van der Waals surface area contributed by atoms with Crippen molar-refractivity contribution < 1.29 is 4.42 Å². The van der Waals surface area contributed by atoms with E-state index in [0.717, 1.165) is 23.6 Å². The molecule has 2 N–H and O–H groups in total. The Kier molecular flexibility index (Phi) is 3.17. The summed E-state index contributed by atoms with van der Waals surface area (Å²) in [4.78, 5) is 0.195. The fourth-order valence-electron chi connectivity index (χ4n) is 2.31. The van der Waals surface area contributed by atoms with E-state index in [1.165, 1.54) is 0 Å². The van der Waals surface area contributed by atoms with Crippen molar-refractivity contribution in [3.05, 3.63) is 23.2 Å². The van der Waals surface area contributed by atoms with Gasteiger partial charge >= 0.3 is 0 Å². The molecule has 1 fully saturated rings. The third kappa shape index (κ3) is 2.02. The average molecular weight is 314 g/mol. The number of hydrogen-bond acceptors (Lipinski definition) is 5. The summed E-state index contributed by atoms with van der Waals surface area (Å²) in [6, 6.07) is 4.23. The standard InChI is InChI=1S/C11H12BrN3OS/c12-9-7-3-6(4-13)16-8(7)5-15-10(9)11-14-1-2-17-11/h3,9-11,14-15H,1-2,5H2. The highest BCUT2D eigenvalue weighted by molar-refractivity contribution is 9.09. The van der Waals surface area contributed by atoms with E-state index in [-0.39, 0.29) is 4.83 Å². The molecule has 1 saturated heterocycles. The largest absolute Gasteiger partial charge is 0.449 e. The molecule has 0 bridgehead atoms. The van der Waals surface area contributed by atoms with Crippen molar-refractivity contribution in [3.8, 4) is 6.07 Å². The number of nitrogens with one attached hydrogen (secondary N) is 2. The Labute approximate surface area is 112 Å². The Bertz CT molecular complexity index is 464. The van der Waals surface area contributed by atoms with Crippen molar-refractivity contribution in [2.24, 2.45) is 0 Å². The second-order valence-corrected chi connectivity index (χ2v) is 6.39. The number of fused-ring (bicyclic) bond motifs is 1. The molecule has 3 atom stereocenters. The molecule has 4 nitrogen and oxygen atoms in total. The highest BCUT2D eigenvalue weighted by atomic mass is 79.9. The Morgan fingerprint density at radius 3 is 3.12 bits per heavy atom. The molecule has 0 aromatic carbocycles. The zero-order chi connectivity index (χ0) is 11.8. The van der Waals surface area contributed by atoms with Gasteiger partial charge in [-0.3, -0.25) is 0 Å². The highest BCUT2D eigenvalue weighted by Crippen LogP contribution is 2.38. The lowest BCUT2D eigenvalue weighted by Gasteiger charge is -2.32. The van der Waals surface area contributed by atoms with Crippen LogP contribution in [0, 0.1) is 11.3 Å². The lowest BCUT2D eigenvalue weighted by atomic mass is 10.0. The maximum Gasteiger partial charge on any atom is 0.204 e. The molecule has 6 heteroatoms. The smallest absolute Gasteiger partial charge is 0.204 e. The van der Waals surface area contributed by atoms with Crippen LogP contribution >= 0.6 is 27.7 Å². The molecule has 3 unspecified atom stereocenters. The molecule has 3 rings (SSSR count). The van der Waals surface area contributed by atoms with Crippen molar-refractivity contribution >= 4 is 27.7 Å². The Hall–Kier alpha value is -0.480. The van der Waals surface area contributed by atoms with Crippen LogP contribution in [0.3, 0.4) is 0 Å². The van der Waals surface area contributed by atoms with E-state index in [1.807, 2.05) is 17.8 Å². The molecule has 0 aliphatic carbocycles. The van der Waals surface area contributed by atoms with Crippen LogP contribution in [0.1, 0.15) is 21.9 Å². The highest BCUT2D eigenvalue weighted by Gasteiger charge is 2.36. The van der Waals surface area contributed by atoms with Gasteiger partial charge in [0, 0.05) is 23.9 Å². The van der Waals surface area contributed by atoms with Gasteiger partial charge in [0.15, 0.2) is 0 Å². The second kappa shape index (κ2) is 4.65. The van der Waals surface area contributed by atoms with E-state index in [4.69, 9.17) is 9.68 Å². The summed E-state index contributed by atoms with van der Waals surface area (Å²) in [6.07, 6.45) is 0. The maximum atomic E-state index is 8.85. The van der Waals surface area contributed by atoms with Crippen LogP contribution < -0.4 is 10.6 Å². The number of nitriles is 1. The summed E-state index contributed by atoms with van der Waals surface area (Å²) in [6.45, 7) is 1.76. The van der Waals surface area contributed by atoms with Crippen molar-refractivity contribution in [2.45, 2.75) is 22.8 Å². The van der Waals surface area contributed by atoms with Gasteiger partial charge in [0.2, 0.25) is 5.76 Å². The van der Waals surface area contributed by atoms with Crippen LogP contribution in [-0.4, -0.2) is 23.7 Å². The number of alkyl halides is 1. The Morgan fingerprint density at radius 1 is 1.53 bits per heavy atom. The van der Waals surface area contributed by atoms with E-state index < -0.39 is 0 Å². The minimum Gasteiger partial charge on any atom is -0.449 e. The number of thioether (sulfide) groups is 1. The Balaban J connectivity index is 1.86. The number of halogens is 1. The minimum absolute atomic E-state index is 0.195. The number of rotatable bonds is 1. The molecule has 0 radical (unpaired) electrons. The lowest BCUT2D eigenvalue weighted by Crippen LogP contribution is -2.47. The molecular weight excluding hydrogens is 302 g/mol. The van der Waals surface area contributed by atoms with Crippen LogP contribution in [0.15, 0.2) is 10.5 Å². The van der Waals surface area contributed by atoms with Gasteiger partial charge in [0.1, 0.15) is 11.8 Å². The molecule has 3 heterocycles. The van der Waals surface area contributed by atoms with Crippen LogP contribution in [0.2, 0.25) is 0 Å². The number of nitrogens with zero attached hydrogens (tertiary/aromatic N) is 1. The topological polar surface area (TPSA) is 61.0 Å². The van der Waals surface area contributed by atoms with Gasteiger partial charge in [-0.25, -0.2) is 0 Å². The summed E-state index contributed by atoms with van der Waals surface area (Å²) in [5.74, 6) is 2.43. The summed E-state index contributed by atoms with van der Waals surface area (Å²) in [7, 11) is 0. The van der Waals surface area contributed by atoms with Crippen LogP contribution in [0.4, 0.5) is 0 Å². The summed E-state index contributed by atoms with van der Waals surface area (Å²) < 4.78 is 5.46. The third-order valence-electron chi connectivity index (χ3n) is 3.13. The fourth-order valence-corrected chi connectivity index (χ4v) is 4.58. The first-order valence-electron chi connectivity index (χ1n) is 5.55. The summed E-state index contributed by atoms with van der Waals surface area (Å²) in [5.41, 5.74) is 1.11. The van der Waals surface area contributed by atoms with Crippen molar-refractivity contribution in [1.29, 1.82) is 5.26 Å². The summed E-state index contributed by atoms with van der Waals surface area (Å²) >= 11 is 5.66. The molecule has 2 aliphatic rings. The van der Waals surface area contributed by atoms with Gasteiger partial charge < -0.3 is 15.1 Å². The molecule has 0 amide bonds. The number of furan rings is 1. The monoisotopic (exact) mass is 313 g/mol. The maximum absolute atomic E-state index is 8.85. The first-order valence-corrected chi connectivity index (χ1v) is 7.51. The molecule has 1 aromatic rings. The van der Waals surface area contributed by atoms with Crippen molar-refractivity contribution in [3.63, 3.8) is 0 Å². The average Bonchev–Trinajstić information content (AvgIpc) is 2.97. The quantitative estimate of drug-likeness (QED) is 0.773. The molecule has 2 aliphatic heterocycles. The van der Waals surface area contributed by atoms with E-state index in [9.17, 15) is 0 Å². The van der Waals surface area contributed by atoms with E-state index >= 15 is 0 Å². The van der Waals surface area contributed by atoms with Gasteiger partial charge in [0.25, 0.3) is 0 Å². The number of hydrogen-bond donors (Lipinski definition) is 2. The van der Waals surface area contributed by atoms with Crippen molar-refractivity contribution in [2.75, 3.05) is 12.3 Å². The van der Waals surface area contributed by atoms with Gasteiger partial charge in [-0.1, -0.05) is 15.9 Å². The van der Waals surface area contributed by atoms with Crippen LogP contribution in [-0.2, 0) is 6.54 Å². The SMILES string of the molecule is N#Cc1cc2c(o1)CNC(C1NCCS1)C2Br. The minimum atomic E-state index is 0.195. The van der Waals surface area contributed by atoms with Gasteiger partial charge in [-0.15, -0.1) is 11.8 Å². The molecular formula is C11H12BrN3OS. The van der Waals surface area contributed by atoms with Crippen molar-refractivity contribution in [1.82, 2.24) is 10.6 Å². The molecule has 1 aromatic heterocycles. The van der Waals surface area contributed by atoms with E-state index in [2.05, 4.69) is 32.6 Å². The zero-order valence-corrected chi connectivity index (χ0v) is 11.5. The molecule has 0 saturated carbocycles. The zero-order valence-electron chi connectivity index (χ0n) is 9.07. The van der Waals surface area contributed by atoms with Crippen LogP contribution in [0.5, 0.6) is 0 Å². The molecule has 90 valence electrons. The first kappa shape index (κ1) is 11.6. The lowest BCUT2D eigenvalue weighted by molar-refractivity contribution is 0.384. The van der Waals surface area contributed by atoms with Gasteiger partial charge in [-0.05, 0) is 6.07 Å². The van der Waals surface area contributed by atoms with Crippen LogP contribution in [0.25, 0.3) is 0 Å².